The molecule has 0 radical (unpaired) electrons. The Bertz CT molecular complexity index is 1010. The molecule has 2 fully saturated rings. The molecule has 2 saturated heterocycles. The fraction of sp³-hybridized carbons (Fsp3) is 0.391. The largest absolute Gasteiger partial charge is 0.490 e. The smallest absolute Gasteiger partial charge is 0.219 e. The van der Waals surface area contributed by atoms with E-state index in [9.17, 15) is 5.11 Å². The summed E-state index contributed by atoms with van der Waals surface area (Å²) in [6, 6.07) is 12.1. The van der Waals surface area contributed by atoms with E-state index in [1.807, 2.05) is 24.3 Å². The molecule has 1 aromatic heterocycles. The molecule has 0 bridgehead atoms. The number of anilines is 1. The van der Waals surface area contributed by atoms with Crippen molar-refractivity contribution in [1.29, 1.82) is 0 Å². The highest BCUT2D eigenvalue weighted by atomic mass is 16.5. The first-order valence-corrected chi connectivity index (χ1v) is 10.4. The van der Waals surface area contributed by atoms with E-state index in [2.05, 4.69) is 27.0 Å². The molecule has 7 heteroatoms. The van der Waals surface area contributed by atoms with Gasteiger partial charge < -0.3 is 20.3 Å². The van der Waals surface area contributed by atoms with E-state index in [0.29, 0.717) is 24.1 Å². The minimum Gasteiger partial charge on any atom is -0.490 e. The number of fused-ring (bicyclic) bond motifs is 2. The third-order valence-electron chi connectivity index (χ3n) is 6.07. The molecule has 0 amide bonds. The molecule has 0 spiro atoms. The maximum Gasteiger partial charge on any atom is 0.219 e. The van der Waals surface area contributed by atoms with E-state index in [1.165, 1.54) is 0 Å². The minimum atomic E-state index is -0.563. The highest BCUT2D eigenvalue weighted by molar-refractivity contribution is 5.99. The maximum atomic E-state index is 10.6. The minimum absolute atomic E-state index is 0.226. The van der Waals surface area contributed by atoms with E-state index >= 15 is 0 Å². The lowest BCUT2D eigenvalue weighted by molar-refractivity contribution is 0.0678. The Morgan fingerprint density at radius 2 is 1.83 bits per heavy atom. The summed E-state index contributed by atoms with van der Waals surface area (Å²) in [6.45, 7) is 4.51. The standard InChI is InChI=1S/C23H26N4O3/c24-23-25-7-16(8-26-23)22-20-4-2-1-3-15(20)5-6-21(22)30-14-19(28)11-27-9-17-12-29-13-18(17)10-27/h1-8,17-19,28H,9-14H2,(H2,24,25,26)/t17-,18+,19?. The Kier molecular flexibility index (Phi) is 5.25. The van der Waals surface area contributed by atoms with Crippen LogP contribution in [0.1, 0.15) is 0 Å². The predicted molar refractivity (Wildman–Crippen MR) is 115 cm³/mol. The number of aliphatic hydroxyl groups excluding tert-OH is 1. The van der Waals surface area contributed by atoms with E-state index in [4.69, 9.17) is 15.2 Å². The number of β-amino-alcohol motifs (C(OH)–C–C–N with tert-alkyl or cyclic N) is 1. The van der Waals surface area contributed by atoms with Crippen LogP contribution in [0, 0.1) is 11.8 Å². The van der Waals surface area contributed by atoms with Gasteiger partial charge in [-0.15, -0.1) is 0 Å². The van der Waals surface area contributed by atoms with E-state index in [0.717, 1.165) is 48.2 Å². The first kappa shape index (κ1) is 19.2. The summed E-state index contributed by atoms with van der Waals surface area (Å²) in [5.41, 5.74) is 7.41. The number of nitrogens with two attached hydrogens (primary N) is 1. The average Bonchev–Trinajstić information content (AvgIpc) is 3.34. The monoisotopic (exact) mass is 406 g/mol. The Hall–Kier alpha value is -2.74. The summed E-state index contributed by atoms with van der Waals surface area (Å²) >= 11 is 0. The van der Waals surface area contributed by atoms with Crippen LogP contribution in [-0.4, -0.2) is 65.5 Å². The van der Waals surface area contributed by atoms with E-state index in [1.54, 1.807) is 12.4 Å². The summed E-state index contributed by atoms with van der Waals surface area (Å²) in [5.74, 6) is 2.15. The Balaban J connectivity index is 1.34. The highest BCUT2D eigenvalue weighted by Crippen LogP contribution is 2.37. The molecule has 3 aromatic rings. The summed E-state index contributed by atoms with van der Waals surface area (Å²) in [4.78, 5) is 10.6. The number of likely N-dealkylation sites (tertiary alicyclic amines) is 1. The lowest BCUT2D eigenvalue weighted by Gasteiger charge is -2.22. The molecular weight excluding hydrogens is 380 g/mol. The SMILES string of the molecule is Nc1ncc(-c2c(OCC(O)CN3C[C@H]4COC[C@H]4C3)ccc3ccccc23)cn1. The number of aliphatic hydroxyl groups is 1. The van der Waals surface area contributed by atoms with Gasteiger partial charge in [0.15, 0.2) is 0 Å². The quantitative estimate of drug-likeness (QED) is 0.648. The molecule has 2 aliphatic heterocycles. The summed E-state index contributed by atoms with van der Waals surface area (Å²) in [5, 5.41) is 12.8. The van der Waals surface area contributed by atoms with Crippen molar-refractivity contribution < 1.29 is 14.6 Å². The van der Waals surface area contributed by atoms with Crippen LogP contribution in [0.15, 0.2) is 48.8 Å². The van der Waals surface area contributed by atoms with E-state index in [-0.39, 0.29) is 12.6 Å². The molecule has 156 valence electrons. The molecular formula is C23H26N4O3. The van der Waals surface area contributed by atoms with Crippen LogP contribution in [0.4, 0.5) is 5.95 Å². The average molecular weight is 406 g/mol. The number of rotatable bonds is 6. The molecule has 7 nitrogen and oxygen atoms in total. The van der Waals surface area contributed by atoms with Crippen molar-refractivity contribution in [2.75, 3.05) is 45.2 Å². The zero-order valence-corrected chi connectivity index (χ0v) is 16.8. The second-order valence-corrected chi connectivity index (χ2v) is 8.23. The van der Waals surface area contributed by atoms with Crippen LogP contribution in [0.3, 0.4) is 0 Å². The summed E-state index contributed by atoms with van der Waals surface area (Å²) in [6.07, 6.45) is 2.85. The molecule has 5 rings (SSSR count). The van der Waals surface area contributed by atoms with Gasteiger partial charge in [0.25, 0.3) is 0 Å². The maximum absolute atomic E-state index is 10.6. The van der Waals surface area contributed by atoms with Crippen molar-refractivity contribution in [1.82, 2.24) is 14.9 Å². The number of hydrogen-bond donors (Lipinski definition) is 2. The molecule has 0 saturated carbocycles. The molecule has 3 heterocycles. The van der Waals surface area contributed by atoms with Gasteiger partial charge in [0.05, 0.1) is 13.2 Å². The van der Waals surface area contributed by atoms with Crippen LogP contribution >= 0.6 is 0 Å². The van der Waals surface area contributed by atoms with Crippen molar-refractivity contribution in [3.8, 4) is 16.9 Å². The number of ether oxygens (including phenoxy) is 2. The molecule has 2 aliphatic rings. The van der Waals surface area contributed by atoms with Crippen molar-refractivity contribution in [2.24, 2.45) is 11.8 Å². The third-order valence-corrected chi connectivity index (χ3v) is 6.07. The fourth-order valence-electron chi connectivity index (χ4n) is 4.61. The fourth-order valence-corrected chi connectivity index (χ4v) is 4.61. The Morgan fingerprint density at radius 1 is 1.10 bits per heavy atom. The molecule has 3 atom stereocenters. The van der Waals surface area contributed by atoms with Gasteiger partial charge in [-0.2, -0.15) is 0 Å². The molecule has 0 aliphatic carbocycles. The van der Waals surface area contributed by atoms with Gasteiger partial charge >= 0.3 is 0 Å². The second kappa shape index (κ2) is 8.18. The van der Waals surface area contributed by atoms with Gasteiger partial charge in [-0.25, -0.2) is 9.97 Å². The zero-order chi connectivity index (χ0) is 20.5. The first-order valence-electron chi connectivity index (χ1n) is 10.4. The van der Waals surface area contributed by atoms with Crippen LogP contribution in [0.5, 0.6) is 5.75 Å². The lowest BCUT2D eigenvalue weighted by atomic mass is 9.99. The second-order valence-electron chi connectivity index (χ2n) is 8.23. The lowest BCUT2D eigenvalue weighted by Crippen LogP contribution is -2.35. The number of nitrogens with zero attached hydrogens (tertiary/aromatic N) is 3. The first-order chi connectivity index (χ1) is 14.7. The Morgan fingerprint density at radius 3 is 2.60 bits per heavy atom. The number of aromatic nitrogens is 2. The molecule has 30 heavy (non-hydrogen) atoms. The van der Waals surface area contributed by atoms with Crippen LogP contribution in [0.2, 0.25) is 0 Å². The van der Waals surface area contributed by atoms with Crippen molar-refractivity contribution >= 4 is 16.7 Å². The number of nitrogen functional groups attached to an aromatic ring is 1. The van der Waals surface area contributed by atoms with Crippen LogP contribution in [-0.2, 0) is 4.74 Å². The molecule has 2 aromatic carbocycles. The summed E-state index contributed by atoms with van der Waals surface area (Å²) in [7, 11) is 0. The van der Waals surface area contributed by atoms with Crippen molar-refractivity contribution in [3.63, 3.8) is 0 Å². The molecule has 1 unspecified atom stereocenters. The normalized spacial score (nSPS) is 22.3. The molecule has 3 N–H and O–H groups in total. The Labute approximate surface area is 175 Å². The zero-order valence-electron chi connectivity index (χ0n) is 16.8. The highest BCUT2D eigenvalue weighted by Gasteiger charge is 2.37. The van der Waals surface area contributed by atoms with Gasteiger partial charge in [0.1, 0.15) is 18.5 Å². The van der Waals surface area contributed by atoms with Gasteiger partial charge in [0.2, 0.25) is 5.95 Å². The van der Waals surface area contributed by atoms with Gasteiger partial charge in [-0.1, -0.05) is 30.3 Å². The topological polar surface area (TPSA) is 93.7 Å². The van der Waals surface area contributed by atoms with Gasteiger partial charge in [0, 0.05) is 55.0 Å². The number of hydrogen-bond acceptors (Lipinski definition) is 7. The van der Waals surface area contributed by atoms with E-state index < -0.39 is 6.10 Å². The number of benzene rings is 2. The van der Waals surface area contributed by atoms with Crippen LogP contribution < -0.4 is 10.5 Å². The van der Waals surface area contributed by atoms with Crippen molar-refractivity contribution in [2.45, 2.75) is 6.10 Å². The predicted octanol–water partition coefficient (Wildman–Crippen LogP) is 2.20. The summed E-state index contributed by atoms with van der Waals surface area (Å²) < 4.78 is 11.6. The van der Waals surface area contributed by atoms with Gasteiger partial charge in [-0.05, 0) is 16.8 Å². The van der Waals surface area contributed by atoms with Crippen molar-refractivity contribution in [3.05, 3.63) is 48.8 Å². The van der Waals surface area contributed by atoms with Gasteiger partial charge in [-0.3, -0.25) is 4.90 Å². The third kappa shape index (κ3) is 3.84. The van der Waals surface area contributed by atoms with Crippen LogP contribution in [0.25, 0.3) is 21.9 Å².